The predicted octanol–water partition coefficient (Wildman–Crippen LogP) is 3.08. The van der Waals surface area contributed by atoms with E-state index in [-0.39, 0.29) is 35.5 Å². The normalized spacial score (nSPS) is 21.5. The Kier molecular flexibility index (Phi) is 8.32. The highest BCUT2D eigenvalue weighted by molar-refractivity contribution is 5.97. The molecule has 0 saturated carbocycles. The molecule has 2 bridgehead atoms. The van der Waals surface area contributed by atoms with Crippen LogP contribution < -0.4 is 10.9 Å². The van der Waals surface area contributed by atoms with Crippen LogP contribution in [0.3, 0.4) is 0 Å². The second-order valence-electron chi connectivity index (χ2n) is 11.6. The minimum atomic E-state index is -0.647. The van der Waals surface area contributed by atoms with Crippen molar-refractivity contribution in [1.29, 1.82) is 0 Å². The summed E-state index contributed by atoms with van der Waals surface area (Å²) in [6.07, 6.45) is 6.53. The molecule has 0 spiro atoms. The molecule has 9 nitrogen and oxygen atoms in total. The molecule has 2 aliphatic heterocycles. The molecule has 2 fully saturated rings. The van der Waals surface area contributed by atoms with E-state index in [4.69, 9.17) is 0 Å². The molecule has 1 aromatic carbocycles. The molecule has 2 N–H and O–H groups in total. The van der Waals surface area contributed by atoms with Gasteiger partial charge in [-0.05, 0) is 75.1 Å². The van der Waals surface area contributed by atoms with Crippen LogP contribution in [0.25, 0.3) is 10.9 Å². The van der Waals surface area contributed by atoms with E-state index in [0.717, 1.165) is 36.6 Å². The highest BCUT2D eigenvalue weighted by atomic mass is 16.3. The summed E-state index contributed by atoms with van der Waals surface area (Å²) in [5, 5.41) is 14.7. The lowest BCUT2D eigenvalue weighted by Gasteiger charge is -2.40. The lowest BCUT2D eigenvalue weighted by atomic mass is 9.90. The number of nitrogens with one attached hydrogen (secondary N) is 1. The van der Waals surface area contributed by atoms with Crippen molar-refractivity contribution < 1.29 is 14.7 Å². The molecule has 4 heterocycles. The van der Waals surface area contributed by atoms with E-state index >= 15 is 0 Å². The Morgan fingerprint density at radius 1 is 1.10 bits per heavy atom. The molecule has 2 amide bonds. The summed E-state index contributed by atoms with van der Waals surface area (Å²) < 4.78 is 1.69. The fourth-order valence-electron chi connectivity index (χ4n) is 6.56. The second-order valence-corrected chi connectivity index (χ2v) is 11.6. The Morgan fingerprint density at radius 2 is 1.77 bits per heavy atom. The van der Waals surface area contributed by atoms with E-state index in [9.17, 15) is 19.5 Å². The van der Waals surface area contributed by atoms with Gasteiger partial charge >= 0.3 is 0 Å². The van der Waals surface area contributed by atoms with Crippen molar-refractivity contribution in [3.8, 4) is 0 Å². The van der Waals surface area contributed by atoms with Gasteiger partial charge in [0.1, 0.15) is 5.56 Å². The number of aromatic nitrogens is 2. The summed E-state index contributed by atoms with van der Waals surface area (Å²) in [7, 11) is 1.71. The van der Waals surface area contributed by atoms with Crippen LogP contribution in [0.1, 0.15) is 66.3 Å². The number of nitrogens with zero attached hydrogens (tertiary/aromatic N) is 4. The zero-order valence-corrected chi connectivity index (χ0v) is 23.5. The van der Waals surface area contributed by atoms with Gasteiger partial charge in [-0.1, -0.05) is 18.2 Å². The molecule has 2 saturated heterocycles. The van der Waals surface area contributed by atoms with Crippen molar-refractivity contribution in [3.63, 3.8) is 0 Å². The third kappa shape index (κ3) is 5.81. The van der Waals surface area contributed by atoms with Gasteiger partial charge in [0.15, 0.2) is 0 Å². The molecule has 2 aromatic heterocycles. The summed E-state index contributed by atoms with van der Waals surface area (Å²) in [5.41, 5.74) is 1.31. The zero-order chi connectivity index (χ0) is 28.4. The quantitative estimate of drug-likeness (QED) is 0.428. The molecule has 3 aromatic rings. The van der Waals surface area contributed by atoms with E-state index in [1.807, 2.05) is 38.1 Å². The molecular weight excluding hydrogens is 506 g/mol. The number of aliphatic hydroxyl groups is 1. The third-order valence-electron chi connectivity index (χ3n) is 8.42. The van der Waals surface area contributed by atoms with Crippen molar-refractivity contribution in [2.75, 3.05) is 26.7 Å². The number of hydrogen-bond donors (Lipinski definition) is 2. The highest BCUT2D eigenvalue weighted by Crippen LogP contribution is 2.38. The Morgan fingerprint density at radius 3 is 2.45 bits per heavy atom. The lowest BCUT2D eigenvalue weighted by molar-refractivity contribution is 0.0297. The molecule has 0 aliphatic carbocycles. The minimum Gasteiger partial charge on any atom is -0.390 e. The molecule has 5 rings (SSSR count). The predicted molar refractivity (Wildman–Crippen MR) is 154 cm³/mol. The number of hydrogen-bond acceptors (Lipinski definition) is 6. The summed E-state index contributed by atoms with van der Waals surface area (Å²) in [6, 6.07) is 13.3. The molecule has 9 heteroatoms. The zero-order valence-electron chi connectivity index (χ0n) is 23.5. The Hall–Kier alpha value is -3.56. The molecule has 212 valence electrons. The number of likely N-dealkylation sites (N-methyl/N-ethyl adjacent to an activating group) is 1. The van der Waals surface area contributed by atoms with Crippen LogP contribution in [-0.4, -0.2) is 81.1 Å². The van der Waals surface area contributed by atoms with Gasteiger partial charge in [0.2, 0.25) is 0 Å². The average Bonchev–Trinajstić information content (AvgIpc) is 3.16. The monoisotopic (exact) mass is 545 g/mol. The van der Waals surface area contributed by atoms with Crippen LogP contribution in [0.15, 0.2) is 59.7 Å². The number of carbonyl (C=O) groups excluding carboxylic acids is 2. The van der Waals surface area contributed by atoms with Crippen LogP contribution in [0, 0.1) is 5.92 Å². The van der Waals surface area contributed by atoms with E-state index in [1.54, 1.807) is 47.1 Å². The van der Waals surface area contributed by atoms with E-state index < -0.39 is 6.10 Å². The molecule has 4 atom stereocenters. The maximum absolute atomic E-state index is 13.2. The smallest absolute Gasteiger partial charge is 0.264 e. The summed E-state index contributed by atoms with van der Waals surface area (Å²) in [4.78, 5) is 46.9. The van der Waals surface area contributed by atoms with Gasteiger partial charge in [0.25, 0.3) is 17.4 Å². The van der Waals surface area contributed by atoms with Gasteiger partial charge < -0.3 is 19.9 Å². The van der Waals surface area contributed by atoms with Gasteiger partial charge in [-0.2, -0.15) is 0 Å². The van der Waals surface area contributed by atoms with Gasteiger partial charge in [-0.15, -0.1) is 0 Å². The molecule has 0 radical (unpaired) electrons. The van der Waals surface area contributed by atoms with Crippen LogP contribution >= 0.6 is 0 Å². The number of amides is 2. The largest absolute Gasteiger partial charge is 0.390 e. The van der Waals surface area contributed by atoms with Crippen molar-refractivity contribution in [2.24, 2.45) is 5.92 Å². The fraction of sp³-hybridized carbons (Fsp3) is 0.484. The molecule has 40 heavy (non-hydrogen) atoms. The molecule has 2 aliphatic rings. The number of benzene rings is 1. The van der Waals surface area contributed by atoms with Gasteiger partial charge in [0.05, 0.1) is 11.6 Å². The summed E-state index contributed by atoms with van der Waals surface area (Å²) in [5.74, 6) is -0.138. The fourth-order valence-corrected chi connectivity index (χ4v) is 6.56. The van der Waals surface area contributed by atoms with Gasteiger partial charge in [-0.3, -0.25) is 24.3 Å². The van der Waals surface area contributed by atoms with Crippen molar-refractivity contribution in [2.45, 2.75) is 63.8 Å². The first kappa shape index (κ1) is 28.0. The van der Waals surface area contributed by atoms with Gasteiger partial charge in [-0.25, -0.2) is 0 Å². The first-order valence-electron chi connectivity index (χ1n) is 14.2. The maximum atomic E-state index is 13.2. The number of para-hydroxylation sites is 1. The van der Waals surface area contributed by atoms with Crippen LogP contribution in [0.5, 0.6) is 0 Å². The first-order chi connectivity index (χ1) is 19.2. The van der Waals surface area contributed by atoms with Crippen molar-refractivity contribution in [3.05, 3.63) is 76.3 Å². The van der Waals surface area contributed by atoms with E-state index in [2.05, 4.69) is 15.2 Å². The number of carbonyl (C=O) groups is 2. The molecule has 2 unspecified atom stereocenters. The minimum absolute atomic E-state index is 0.0611. The first-order valence-corrected chi connectivity index (χ1v) is 14.2. The van der Waals surface area contributed by atoms with Gasteiger partial charge in [0, 0.05) is 62.8 Å². The number of aliphatic hydroxyl groups excluding tert-OH is 1. The van der Waals surface area contributed by atoms with Crippen LogP contribution in [-0.2, 0) is 0 Å². The SMILES string of the molecule is CC(C)n1c(=O)c(C(=O)NCC2C[C@H]3CC[C@@H](C2)N3CC(O)CN(C)C(=O)c2ccncc2)cc2ccccc21. The number of pyridine rings is 2. The maximum Gasteiger partial charge on any atom is 0.264 e. The van der Waals surface area contributed by atoms with Crippen molar-refractivity contribution >= 4 is 22.7 Å². The lowest BCUT2D eigenvalue weighted by Crippen LogP contribution is -2.50. The Balaban J connectivity index is 1.17. The summed E-state index contributed by atoms with van der Waals surface area (Å²) >= 11 is 0. The standard InChI is InChI=1S/C31H39N5O4/c1-20(2)36-28-7-5-4-6-23(28)16-27(31(36)40)29(38)33-17-21-14-24-8-9-25(15-21)35(24)19-26(37)18-34(3)30(39)22-10-12-32-13-11-22/h4-7,10-13,16,20-21,24-26,37H,8-9,14-15,17-19H2,1-3H3,(H,33,38)/t21?,24-,25+,26?. The van der Waals surface area contributed by atoms with E-state index in [0.29, 0.717) is 36.7 Å². The Labute approximate surface area is 234 Å². The number of piperidine rings is 1. The van der Waals surface area contributed by atoms with E-state index in [1.165, 1.54) is 0 Å². The number of fused-ring (bicyclic) bond motifs is 3. The highest BCUT2D eigenvalue weighted by Gasteiger charge is 2.41. The molecular formula is C31H39N5O4. The van der Waals surface area contributed by atoms with Crippen molar-refractivity contribution in [1.82, 2.24) is 24.7 Å². The average molecular weight is 546 g/mol. The Bertz CT molecular complexity index is 1410. The number of rotatable bonds is 9. The summed E-state index contributed by atoms with van der Waals surface area (Å²) in [6.45, 7) is 5.21. The van der Waals surface area contributed by atoms with Crippen LogP contribution in [0.2, 0.25) is 0 Å². The van der Waals surface area contributed by atoms with Crippen LogP contribution in [0.4, 0.5) is 0 Å². The third-order valence-corrected chi connectivity index (χ3v) is 8.42. The topological polar surface area (TPSA) is 108 Å². The second kappa shape index (κ2) is 11.9.